The molecule has 2 aromatic carbocycles. The number of benzene rings is 2. The number of fused-ring (bicyclic) bond motifs is 2. The van der Waals surface area contributed by atoms with E-state index in [1.54, 1.807) is 44.6 Å². The maximum Gasteiger partial charge on any atom is 0.303 e. The summed E-state index contributed by atoms with van der Waals surface area (Å²) in [6.45, 7) is 7.70. The number of carboxylic acids is 1. The van der Waals surface area contributed by atoms with Gasteiger partial charge in [-0.25, -0.2) is 0 Å². The Morgan fingerprint density at radius 1 is 0.672 bits per heavy atom. The lowest BCUT2D eigenvalue weighted by Crippen LogP contribution is -2.32. The lowest BCUT2D eigenvalue weighted by atomic mass is 9.76. The number of anilines is 1. The Morgan fingerprint density at radius 2 is 1.25 bits per heavy atom. The predicted molar refractivity (Wildman–Crippen MR) is 252 cm³/mol. The van der Waals surface area contributed by atoms with Crippen LogP contribution in [0.5, 0.6) is 0 Å². The number of carbonyl (C=O) groups is 1. The van der Waals surface area contributed by atoms with Crippen molar-refractivity contribution in [2.45, 2.75) is 79.4 Å². The highest BCUT2D eigenvalue weighted by atomic mass is 32.2. The van der Waals surface area contributed by atoms with Crippen molar-refractivity contribution in [3.63, 3.8) is 0 Å². The van der Waals surface area contributed by atoms with E-state index in [4.69, 9.17) is 23.7 Å². The van der Waals surface area contributed by atoms with Crippen LogP contribution in [0.15, 0.2) is 94.4 Å². The van der Waals surface area contributed by atoms with Gasteiger partial charge in [-0.3, -0.25) is 18.5 Å². The molecule has 2 heterocycles. The van der Waals surface area contributed by atoms with Crippen LogP contribution in [0.25, 0.3) is 0 Å². The number of unbranched alkanes of at least 4 members (excludes halogenated alkanes) is 2. The SMILES string of the molecule is COCCOCCOCCOCCC1(C)\C(=C/C=C/C=C/C=C/C2=[N+](CCOC)c3ccc(S(=O)(=O)O)cc3C2(C)CCCS(=O)(=O)O)N(CCCCCC(=O)O)c2ccc(S(=O)(=O)O)cc21. The van der Waals surface area contributed by atoms with Crippen molar-refractivity contribution in [2.24, 2.45) is 0 Å². The molecule has 0 bridgehead atoms. The molecular weight excluding hydrogens is 933 g/mol. The summed E-state index contributed by atoms with van der Waals surface area (Å²) in [6.07, 6.45) is 15.3. The molecule has 0 radical (unpaired) electrons. The second kappa shape index (κ2) is 25.5. The van der Waals surface area contributed by atoms with Crippen LogP contribution in [0.2, 0.25) is 0 Å². The quantitative estimate of drug-likeness (QED) is 0.0296. The number of carboxylic acid groups (broad SMARTS) is 1. The fourth-order valence-electron chi connectivity index (χ4n) is 8.35. The number of nitrogens with zero attached hydrogens (tertiary/aromatic N) is 2. The zero-order chi connectivity index (χ0) is 49.3. The summed E-state index contributed by atoms with van der Waals surface area (Å²) < 4.78 is 131. The Bertz CT molecular complexity index is 2500. The molecule has 372 valence electrons. The van der Waals surface area contributed by atoms with Crippen LogP contribution in [0.1, 0.15) is 69.9 Å². The summed E-state index contributed by atoms with van der Waals surface area (Å²) in [7, 11) is -10.3. The van der Waals surface area contributed by atoms with E-state index >= 15 is 0 Å². The lowest BCUT2D eigenvalue weighted by Gasteiger charge is -2.30. The molecule has 2 aliphatic rings. The van der Waals surface area contributed by atoms with Gasteiger partial charge in [-0.1, -0.05) is 36.8 Å². The van der Waals surface area contributed by atoms with Gasteiger partial charge >= 0.3 is 5.97 Å². The first-order valence-corrected chi connectivity index (χ1v) is 26.4. The normalized spacial score (nSPS) is 19.5. The monoisotopic (exact) mass is 997 g/mol. The van der Waals surface area contributed by atoms with E-state index in [0.29, 0.717) is 108 Å². The molecule has 4 rings (SSSR count). The van der Waals surface area contributed by atoms with Gasteiger partial charge in [-0.2, -0.15) is 29.8 Å². The molecule has 2 aromatic rings. The molecule has 0 saturated carbocycles. The van der Waals surface area contributed by atoms with Gasteiger partial charge in [0.2, 0.25) is 5.69 Å². The molecule has 67 heavy (non-hydrogen) atoms. The smallest absolute Gasteiger partial charge is 0.303 e. The van der Waals surface area contributed by atoms with Crippen LogP contribution >= 0.6 is 0 Å². The van der Waals surface area contributed by atoms with Gasteiger partial charge in [0.05, 0.1) is 60.6 Å². The van der Waals surface area contributed by atoms with Crippen molar-refractivity contribution < 1.29 is 77.1 Å². The Morgan fingerprint density at radius 3 is 1.87 bits per heavy atom. The topological polar surface area (TPSA) is 253 Å². The largest absolute Gasteiger partial charge is 0.481 e. The molecule has 0 saturated heterocycles. The average molecular weight is 998 g/mol. The molecule has 21 heteroatoms. The fraction of sp³-hybridized carbons (Fsp3) is 0.522. The first-order valence-electron chi connectivity index (χ1n) is 21.9. The van der Waals surface area contributed by atoms with Crippen LogP contribution in [0, 0.1) is 0 Å². The van der Waals surface area contributed by atoms with E-state index in [-0.39, 0.29) is 35.7 Å². The third kappa shape index (κ3) is 16.0. The van der Waals surface area contributed by atoms with Crippen LogP contribution < -0.4 is 4.90 Å². The average Bonchev–Trinajstić information content (AvgIpc) is 3.62. The predicted octanol–water partition coefficient (Wildman–Crippen LogP) is 5.91. The summed E-state index contributed by atoms with van der Waals surface area (Å²) >= 11 is 0. The summed E-state index contributed by atoms with van der Waals surface area (Å²) in [6, 6.07) is 8.78. The van der Waals surface area contributed by atoms with Crippen molar-refractivity contribution in [1.29, 1.82) is 0 Å². The van der Waals surface area contributed by atoms with Gasteiger partial charge in [-0.15, -0.1) is 0 Å². The first-order chi connectivity index (χ1) is 31.7. The van der Waals surface area contributed by atoms with Crippen LogP contribution in [0.4, 0.5) is 11.4 Å². The van der Waals surface area contributed by atoms with Crippen LogP contribution in [-0.4, -0.2) is 146 Å². The number of aliphatic carboxylic acids is 1. The summed E-state index contributed by atoms with van der Waals surface area (Å²) in [4.78, 5) is 12.7. The molecule has 2 atom stereocenters. The van der Waals surface area contributed by atoms with Gasteiger partial charge in [0.25, 0.3) is 30.4 Å². The Balaban J connectivity index is 1.65. The van der Waals surface area contributed by atoms with Gasteiger partial charge in [0.1, 0.15) is 6.61 Å². The Hall–Kier alpha value is -4.13. The third-order valence-electron chi connectivity index (χ3n) is 11.8. The second-order valence-electron chi connectivity index (χ2n) is 16.5. The van der Waals surface area contributed by atoms with Crippen LogP contribution in [-0.2, 0) is 69.7 Å². The van der Waals surface area contributed by atoms with Crippen molar-refractivity contribution >= 4 is 53.4 Å². The third-order valence-corrected chi connectivity index (χ3v) is 14.3. The van der Waals surface area contributed by atoms with Gasteiger partial charge in [0, 0.05) is 68.3 Å². The highest BCUT2D eigenvalue weighted by Crippen LogP contribution is 2.51. The zero-order valence-electron chi connectivity index (χ0n) is 38.5. The molecule has 2 unspecified atom stereocenters. The molecule has 18 nitrogen and oxygen atoms in total. The van der Waals surface area contributed by atoms with E-state index < -0.39 is 52.9 Å². The van der Waals surface area contributed by atoms with Crippen LogP contribution in [0.3, 0.4) is 0 Å². The van der Waals surface area contributed by atoms with E-state index in [1.807, 2.05) is 42.7 Å². The first kappa shape index (κ1) is 55.5. The summed E-state index contributed by atoms with van der Waals surface area (Å²) in [5.74, 6) is -1.38. The van der Waals surface area contributed by atoms with Crippen molar-refractivity contribution in [3.8, 4) is 0 Å². The van der Waals surface area contributed by atoms with E-state index in [1.165, 1.54) is 24.3 Å². The number of ether oxygens (including phenoxy) is 5. The molecule has 4 N–H and O–H groups in total. The molecule has 0 aromatic heterocycles. The van der Waals surface area contributed by atoms with E-state index in [0.717, 1.165) is 11.4 Å². The van der Waals surface area contributed by atoms with Crippen molar-refractivity contribution in [3.05, 3.63) is 95.8 Å². The van der Waals surface area contributed by atoms with Crippen molar-refractivity contribution in [1.82, 2.24) is 0 Å². The molecule has 0 spiro atoms. The fourth-order valence-corrected chi connectivity index (χ4v) is 9.87. The number of allylic oxidation sites excluding steroid dienone is 8. The number of methoxy groups -OCH3 is 2. The highest BCUT2D eigenvalue weighted by molar-refractivity contribution is 7.86. The second-order valence-corrected chi connectivity index (χ2v) is 20.9. The summed E-state index contributed by atoms with van der Waals surface area (Å²) in [5, 5.41) is 9.19. The molecule has 2 aliphatic heterocycles. The molecular formula is C46H65N2O16S3+. The molecule has 0 aliphatic carbocycles. The summed E-state index contributed by atoms with van der Waals surface area (Å²) in [5.41, 5.74) is 2.44. The number of hydrogen-bond donors (Lipinski definition) is 4. The minimum Gasteiger partial charge on any atom is -0.481 e. The Kier molecular flexibility index (Phi) is 21.1. The van der Waals surface area contributed by atoms with Gasteiger partial charge in [0.15, 0.2) is 12.3 Å². The van der Waals surface area contributed by atoms with Crippen molar-refractivity contribution in [2.75, 3.05) is 90.8 Å². The minimum absolute atomic E-state index is 0.0414. The maximum atomic E-state index is 12.4. The molecule has 0 fully saturated rings. The molecule has 0 amide bonds. The zero-order valence-corrected chi connectivity index (χ0v) is 41.0. The van der Waals surface area contributed by atoms with E-state index in [2.05, 4.69) is 4.90 Å². The van der Waals surface area contributed by atoms with Gasteiger partial charge < -0.3 is 33.7 Å². The lowest BCUT2D eigenvalue weighted by molar-refractivity contribution is -0.441. The Labute approximate surface area is 394 Å². The standard InChI is InChI=1S/C46H64N2O16S3/c1-45(21-13-33-65(51,52)53)38-34-36(66(54,55)56)18-20-41(38)48(24-26-60-3)42(45)14-9-6-5-7-10-15-43-46(2,22-25-62-29-30-64-32-31-63-28-27-61-4)39-35-37(67(57,58)59)17-19-40(39)47(43)23-12-8-11-16-44(49)50/h5-7,9-10,14-15,17-20,34-35H,8,11-13,16,21-33H2,1-4H3,(H3-,49,50,51,52,53,54,55,56,57,58,59)/p+1. The number of hydrogen-bond acceptors (Lipinski definition) is 13. The maximum absolute atomic E-state index is 12.4. The van der Waals surface area contributed by atoms with Gasteiger partial charge in [-0.05, 0) is 87.9 Å². The van der Waals surface area contributed by atoms with E-state index in [9.17, 15) is 48.8 Å². The highest BCUT2D eigenvalue weighted by Gasteiger charge is 2.48. The number of rotatable bonds is 31. The minimum atomic E-state index is -4.57.